The van der Waals surface area contributed by atoms with Gasteiger partial charge in [-0.1, -0.05) is 41.7 Å². The van der Waals surface area contributed by atoms with Crippen LogP contribution in [0.2, 0.25) is 0 Å². The van der Waals surface area contributed by atoms with Crippen LogP contribution in [-0.2, 0) is 6.54 Å². The normalized spacial score (nSPS) is 13.3. The van der Waals surface area contributed by atoms with E-state index in [0.717, 1.165) is 34.0 Å². The van der Waals surface area contributed by atoms with Gasteiger partial charge in [0.1, 0.15) is 24.7 Å². The smallest absolute Gasteiger partial charge is 0.283 e. The molecule has 1 aromatic heterocycles. The van der Waals surface area contributed by atoms with Crippen LogP contribution in [-0.4, -0.2) is 35.7 Å². The van der Waals surface area contributed by atoms with Crippen LogP contribution in [0.3, 0.4) is 0 Å². The van der Waals surface area contributed by atoms with Crippen LogP contribution in [0.25, 0.3) is 10.2 Å². The van der Waals surface area contributed by atoms with Crippen molar-refractivity contribution in [3.05, 3.63) is 77.1 Å². The van der Waals surface area contributed by atoms with Crippen molar-refractivity contribution in [2.45, 2.75) is 6.54 Å². The lowest BCUT2D eigenvalue weighted by Crippen LogP contribution is -2.19. The zero-order valence-electron chi connectivity index (χ0n) is 18.0. The number of rotatable bonds is 6. The molecule has 0 N–H and O–H groups in total. The van der Waals surface area contributed by atoms with E-state index in [0.29, 0.717) is 35.1 Å². The molecule has 0 spiro atoms. The molecule has 3 aromatic carbocycles. The third-order valence-corrected chi connectivity index (χ3v) is 6.78. The van der Waals surface area contributed by atoms with Gasteiger partial charge in [0, 0.05) is 24.4 Å². The summed E-state index contributed by atoms with van der Waals surface area (Å²) in [5.74, 6) is 3.15. The Bertz CT molecular complexity index is 1360. The number of fused-ring (bicyclic) bond motifs is 2. The molecule has 0 bridgehead atoms. The van der Waals surface area contributed by atoms with E-state index in [2.05, 4.69) is 15.8 Å². The van der Waals surface area contributed by atoms with Gasteiger partial charge in [0.25, 0.3) is 5.91 Å². The maximum atomic E-state index is 13.3. The molecule has 1 aliphatic heterocycles. The van der Waals surface area contributed by atoms with Crippen molar-refractivity contribution in [3.63, 3.8) is 0 Å². The first-order valence-electron chi connectivity index (χ1n) is 10.6. The molecule has 0 radical (unpaired) electrons. The van der Waals surface area contributed by atoms with Crippen molar-refractivity contribution in [2.75, 3.05) is 25.2 Å². The van der Waals surface area contributed by atoms with E-state index in [-0.39, 0.29) is 5.91 Å². The summed E-state index contributed by atoms with van der Waals surface area (Å²) in [6.07, 6.45) is 2.06. The fraction of sp³-hybridized carbons (Fsp3) is 0.200. The lowest BCUT2D eigenvalue weighted by molar-refractivity contribution is 0.0995. The van der Waals surface area contributed by atoms with Gasteiger partial charge in [0.05, 0.1) is 15.8 Å². The molecule has 8 heteroatoms. The lowest BCUT2D eigenvalue weighted by atomic mass is 10.2. The number of benzene rings is 3. The number of amides is 1. The summed E-state index contributed by atoms with van der Waals surface area (Å²) in [6, 6.07) is 20.5. The number of hydrogen-bond acceptors (Lipinski definition) is 6. The molecule has 4 aromatic rings. The molecule has 1 aliphatic rings. The number of ether oxygens (including phenoxy) is 3. The number of para-hydroxylation sites is 2. The molecular formula is C25H22N2O4S2. The van der Waals surface area contributed by atoms with Crippen molar-refractivity contribution < 1.29 is 19.0 Å². The molecule has 2 heterocycles. The van der Waals surface area contributed by atoms with Crippen LogP contribution >= 0.6 is 23.1 Å². The summed E-state index contributed by atoms with van der Waals surface area (Å²) in [5.41, 5.74) is 1.40. The number of carbonyl (C=O) groups excluding carboxylic acids is 1. The third-order valence-electron chi connectivity index (χ3n) is 5.15. The minimum atomic E-state index is -0.344. The van der Waals surface area contributed by atoms with E-state index < -0.39 is 0 Å². The maximum absolute atomic E-state index is 13.3. The fourth-order valence-corrected chi connectivity index (χ4v) is 5.02. The predicted octanol–water partition coefficient (Wildman–Crippen LogP) is 5.37. The summed E-state index contributed by atoms with van der Waals surface area (Å²) in [7, 11) is 0. The standard InChI is InChI=1S/C25H22N2O4S2/c1-32-14-11-27-19-15-21-22(30-13-12-29-21)16-23(19)33-25(27)26-24(28)18-9-5-6-10-20(18)31-17-7-3-2-4-8-17/h2-10,15-16H,11-14H2,1H3. The monoisotopic (exact) mass is 478 g/mol. The number of aromatic nitrogens is 1. The average Bonchev–Trinajstić information content (AvgIpc) is 3.17. The molecule has 6 nitrogen and oxygen atoms in total. The molecular weight excluding hydrogens is 456 g/mol. The summed E-state index contributed by atoms with van der Waals surface area (Å²) >= 11 is 3.22. The predicted molar refractivity (Wildman–Crippen MR) is 132 cm³/mol. The Kier molecular flexibility index (Phi) is 6.37. The second-order valence-electron chi connectivity index (χ2n) is 7.32. The molecule has 0 aliphatic carbocycles. The topological polar surface area (TPSA) is 62.1 Å². The Morgan fingerprint density at radius 1 is 1.06 bits per heavy atom. The van der Waals surface area contributed by atoms with E-state index in [9.17, 15) is 4.79 Å². The Balaban J connectivity index is 1.57. The van der Waals surface area contributed by atoms with Crippen molar-refractivity contribution in [1.29, 1.82) is 0 Å². The number of nitrogens with zero attached hydrogens (tertiary/aromatic N) is 2. The molecule has 33 heavy (non-hydrogen) atoms. The van der Waals surface area contributed by atoms with Gasteiger partial charge in [-0.05, 0) is 30.5 Å². The van der Waals surface area contributed by atoms with Crippen LogP contribution in [0, 0.1) is 0 Å². The van der Waals surface area contributed by atoms with Gasteiger partial charge in [-0.15, -0.1) is 0 Å². The largest absolute Gasteiger partial charge is 0.486 e. The van der Waals surface area contributed by atoms with E-state index in [4.69, 9.17) is 14.2 Å². The van der Waals surface area contributed by atoms with Crippen LogP contribution in [0.4, 0.5) is 0 Å². The van der Waals surface area contributed by atoms with Crippen molar-refractivity contribution >= 4 is 39.2 Å². The molecule has 5 rings (SSSR count). The van der Waals surface area contributed by atoms with Gasteiger partial charge in [-0.3, -0.25) is 4.79 Å². The fourth-order valence-electron chi connectivity index (χ4n) is 3.59. The Morgan fingerprint density at radius 2 is 1.79 bits per heavy atom. The molecule has 0 fully saturated rings. The first-order valence-corrected chi connectivity index (χ1v) is 12.8. The molecule has 0 unspecified atom stereocenters. The second-order valence-corrected chi connectivity index (χ2v) is 9.32. The Morgan fingerprint density at radius 3 is 2.58 bits per heavy atom. The van der Waals surface area contributed by atoms with Gasteiger partial charge in [-0.25, -0.2) is 0 Å². The van der Waals surface area contributed by atoms with Crippen LogP contribution < -0.4 is 19.0 Å². The summed E-state index contributed by atoms with van der Waals surface area (Å²) in [5, 5.41) is 0. The van der Waals surface area contributed by atoms with E-state index >= 15 is 0 Å². The van der Waals surface area contributed by atoms with Crippen LogP contribution in [0.5, 0.6) is 23.0 Å². The number of aryl methyl sites for hydroxylation is 1. The first-order chi connectivity index (χ1) is 16.2. The Labute approximate surface area is 199 Å². The van der Waals surface area contributed by atoms with Gasteiger partial charge < -0.3 is 18.8 Å². The zero-order valence-corrected chi connectivity index (χ0v) is 19.7. The molecule has 1 amide bonds. The Hall–Kier alpha value is -3.23. The van der Waals surface area contributed by atoms with E-state index in [1.165, 1.54) is 11.3 Å². The van der Waals surface area contributed by atoms with Gasteiger partial charge >= 0.3 is 0 Å². The quantitative estimate of drug-likeness (QED) is 0.373. The van der Waals surface area contributed by atoms with Gasteiger partial charge in [-0.2, -0.15) is 16.8 Å². The molecule has 168 valence electrons. The summed E-state index contributed by atoms with van der Waals surface area (Å²) < 4.78 is 20.6. The SMILES string of the molecule is CSCCn1c(=NC(=O)c2ccccc2Oc2ccccc2)sc2cc3c(cc21)OCCO3. The third kappa shape index (κ3) is 4.62. The average molecular weight is 479 g/mol. The lowest BCUT2D eigenvalue weighted by Gasteiger charge is -2.18. The zero-order chi connectivity index (χ0) is 22.6. The number of thioether (sulfide) groups is 1. The molecule has 0 saturated heterocycles. The van der Waals surface area contributed by atoms with Gasteiger partial charge in [0.15, 0.2) is 16.3 Å². The van der Waals surface area contributed by atoms with Crippen LogP contribution in [0.15, 0.2) is 71.7 Å². The second kappa shape index (κ2) is 9.72. The van der Waals surface area contributed by atoms with Crippen LogP contribution in [0.1, 0.15) is 10.4 Å². The molecule has 0 saturated carbocycles. The van der Waals surface area contributed by atoms with E-state index in [1.54, 1.807) is 23.9 Å². The summed E-state index contributed by atoms with van der Waals surface area (Å²) in [4.78, 5) is 18.4. The summed E-state index contributed by atoms with van der Waals surface area (Å²) in [6.45, 7) is 1.79. The minimum absolute atomic E-state index is 0.344. The van der Waals surface area contributed by atoms with Crippen molar-refractivity contribution in [3.8, 4) is 23.0 Å². The minimum Gasteiger partial charge on any atom is -0.486 e. The van der Waals surface area contributed by atoms with Crippen molar-refractivity contribution in [2.24, 2.45) is 4.99 Å². The van der Waals surface area contributed by atoms with Crippen molar-refractivity contribution in [1.82, 2.24) is 4.57 Å². The highest BCUT2D eigenvalue weighted by Crippen LogP contribution is 2.35. The first kappa shape index (κ1) is 21.6. The number of carbonyl (C=O) groups is 1. The highest BCUT2D eigenvalue weighted by molar-refractivity contribution is 7.98. The highest BCUT2D eigenvalue weighted by atomic mass is 32.2. The molecule has 0 atom stereocenters. The van der Waals surface area contributed by atoms with Gasteiger partial charge in [0.2, 0.25) is 0 Å². The maximum Gasteiger partial charge on any atom is 0.283 e. The number of hydrogen-bond donors (Lipinski definition) is 0. The number of thiazole rings is 1. The highest BCUT2D eigenvalue weighted by Gasteiger charge is 2.18. The van der Waals surface area contributed by atoms with E-state index in [1.807, 2.05) is 54.6 Å².